The smallest absolute Gasteiger partial charge is 1.00 e. The van der Waals surface area contributed by atoms with Gasteiger partial charge in [0.2, 0.25) is 0 Å². The molecule has 0 amide bonds. The molecule has 282 valence electrons. The second-order valence-corrected chi connectivity index (χ2v) is 13.7. The molecular formula is C42H87BrMgO3. The molecule has 0 aromatic carbocycles. The predicted octanol–water partition coefficient (Wildman–Crippen LogP) is 11.3. The van der Waals surface area contributed by atoms with Crippen LogP contribution < -0.4 is 17.0 Å². The summed E-state index contributed by atoms with van der Waals surface area (Å²) in [7, 11) is 0. The van der Waals surface area contributed by atoms with E-state index in [4.69, 9.17) is 4.74 Å². The average molecular weight is 744 g/mol. The van der Waals surface area contributed by atoms with Crippen molar-refractivity contribution >= 4 is 29.0 Å². The number of halogens is 1. The van der Waals surface area contributed by atoms with E-state index < -0.39 is 0 Å². The molecule has 0 aliphatic rings. The van der Waals surface area contributed by atoms with E-state index in [-0.39, 0.29) is 51.6 Å². The molecular weight excluding hydrogens is 657 g/mol. The fourth-order valence-corrected chi connectivity index (χ4v) is 5.74. The van der Waals surface area contributed by atoms with Gasteiger partial charge in [0.1, 0.15) is 0 Å². The average Bonchev–Trinajstić information content (AvgIpc) is 3.04. The molecule has 0 spiro atoms. The Morgan fingerprint density at radius 1 is 0.489 bits per heavy atom. The summed E-state index contributed by atoms with van der Waals surface area (Å²) in [5.74, 6) is -0.0700. The van der Waals surface area contributed by atoms with E-state index in [0.717, 1.165) is 38.5 Å². The Hall–Kier alpha value is 0.676. The van der Waals surface area contributed by atoms with Crippen LogP contribution in [0, 0.1) is 6.92 Å². The molecule has 47 heavy (non-hydrogen) atoms. The van der Waals surface area contributed by atoms with Crippen LogP contribution in [0.1, 0.15) is 247 Å². The van der Waals surface area contributed by atoms with Crippen molar-refractivity contribution in [2.75, 3.05) is 6.61 Å². The van der Waals surface area contributed by atoms with Crippen molar-refractivity contribution in [1.82, 2.24) is 0 Å². The second kappa shape index (κ2) is 51.0. The normalized spacial score (nSPS) is 10.6. The molecule has 0 heterocycles. The molecule has 5 heteroatoms. The molecule has 0 aliphatic heterocycles. The first-order valence-corrected chi connectivity index (χ1v) is 20.6. The van der Waals surface area contributed by atoms with Crippen LogP contribution in [0.2, 0.25) is 0 Å². The fraction of sp³-hybridized carbons (Fsp3) is 0.952. The molecule has 0 aliphatic carbocycles. The fourth-order valence-electron chi connectivity index (χ4n) is 5.74. The molecule has 0 unspecified atom stereocenters. The molecule has 0 saturated carbocycles. The summed E-state index contributed by atoms with van der Waals surface area (Å²) in [6, 6.07) is 0. The van der Waals surface area contributed by atoms with Gasteiger partial charge in [0, 0.05) is 6.42 Å². The molecule has 0 rings (SSSR count). The summed E-state index contributed by atoms with van der Waals surface area (Å²) in [5.41, 5.74) is -0.361. The van der Waals surface area contributed by atoms with Gasteiger partial charge in [-0.15, -0.1) is 0 Å². The van der Waals surface area contributed by atoms with E-state index in [1.54, 1.807) is 0 Å². The van der Waals surface area contributed by atoms with E-state index in [1.165, 1.54) is 161 Å². The Labute approximate surface area is 325 Å². The van der Waals surface area contributed by atoms with Crippen molar-refractivity contribution in [2.24, 2.45) is 0 Å². The number of carbonyl (C=O) groups is 1. The van der Waals surface area contributed by atoms with Crippen molar-refractivity contribution in [1.29, 1.82) is 0 Å². The minimum absolute atomic E-state index is 0. The Morgan fingerprint density at radius 2 is 0.787 bits per heavy atom. The summed E-state index contributed by atoms with van der Waals surface area (Å²) in [5, 5.41) is 11.1. The molecule has 0 aromatic rings. The Balaban J connectivity index is -0.000000230. The van der Waals surface area contributed by atoms with Crippen LogP contribution in [0.3, 0.4) is 0 Å². The number of hydrogen-bond donors (Lipinski definition) is 1. The number of carbonyl (C=O) groups excluding carboxylic acids is 1. The molecule has 3 nitrogen and oxygen atoms in total. The third kappa shape index (κ3) is 53.6. The zero-order valence-corrected chi connectivity index (χ0v) is 36.4. The van der Waals surface area contributed by atoms with Gasteiger partial charge in [-0.1, -0.05) is 202 Å². The Bertz CT molecular complexity index is 504. The van der Waals surface area contributed by atoms with Gasteiger partial charge in [-0.05, 0) is 32.6 Å². The first-order valence-electron chi connectivity index (χ1n) is 20.6. The maximum absolute atomic E-state index is 11.1. The van der Waals surface area contributed by atoms with Crippen molar-refractivity contribution in [3.63, 3.8) is 0 Å². The van der Waals surface area contributed by atoms with Crippen molar-refractivity contribution < 1.29 is 31.6 Å². The third-order valence-corrected chi connectivity index (χ3v) is 8.88. The zero-order valence-electron chi connectivity index (χ0n) is 33.4. The summed E-state index contributed by atoms with van der Waals surface area (Å²) in [4.78, 5) is 10.6. The maximum atomic E-state index is 11.1. The van der Waals surface area contributed by atoms with Crippen molar-refractivity contribution in [3.8, 4) is 0 Å². The quantitative estimate of drug-likeness (QED) is 0.0323. The SMILES string of the molecule is CCCCC(=O)OCC.CCCCCCCCCCC(O)(CCCC)CCCCCCCCCC.[Br-].[CH2-]CCCCCCCCC.[Mg+2]. The first-order chi connectivity index (χ1) is 21.9. The second-order valence-electron chi connectivity index (χ2n) is 13.7. The number of hydrogen-bond acceptors (Lipinski definition) is 3. The van der Waals surface area contributed by atoms with E-state index >= 15 is 0 Å². The minimum atomic E-state index is -0.361. The summed E-state index contributed by atoms with van der Waals surface area (Å²) in [6.07, 6.45) is 40.7. The van der Waals surface area contributed by atoms with Gasteiger partial charge in [-0.3, -0.25) is 4.79 Å². The van der Waals surface area contributed by atoms with Gasteiger partial charge >= 0.3 is 29.0 Å². The van der Waals surface area contributed by atoms with E-state index in [9.17, 15) is 9.90 Å². The summed E-state index contributed by atoms with van der Waals surface area (Å²) < 4.78 is 4.70. The maximum Gasteiger partial charge on any atom is 2.00 e. The van der Waals surface area contributed by atoms with Crippen LogP contribution in [0.15, 0.2) is 0 Å². The largest absolute Gasteiger partial charge is 2.00 e. The Kier molecular flexibility index (Phi) is 61.9. The van der Waals surface area contributed by atoms with E-state index in [2.05, 4.69) is 41.5 Å². The van der Waals surface area contributed by atoms with Crippen LogP contribution in [0.25, 0.3) is 0 Å². The Morgan fingerprint density at radius 3 is 1.11 bits per heavy atom. The van der Waals surface area contributed by atoms with Gasteiger partial charge in [0.25, 0.3) is 0 Å². The number of rotatable bonds is 32. The number of esters is 1. The van der Waals surface area contributed by atoms with E-state index in [0.29, 0.717) is 13.0 Å². The molecule has 0 radical (unpaired) electrons. The minimum Gasteiger partial charge on any atom is -1.00 e. The number of aliphatic hydroxyl groups is 1. The topological polar surface area (TPSA) is 46.5 Å². The number of ether oxygens (including phenoxy) is 1. The van der Waals surface area contributed by atoms with Crippen molar-refractivity contribution in [2.45, 2.75) is 253 Å². The van der Waals surface area contributed by atoms with E-state index in [1.807, 2.05) is 6.92 Å². The van der Waals surface area contributed by atoms with Crippen LogP contribution in [-0.2, 0) is 9.53 Å². The third-order valence-electron chi connectivity index (χ3n) is 8.88. The van der Waals surface area contributed by atoms with Crippen LogP contribution >= 0.6 is 0 Å². The van der Waals surface area contributed by atoms with Crippen molar-refractivity contribution in [3.05, 3.63) is 6.92 Å². The van der Waals surface area contributed by atoms with Gasteiger partial charge in [-0.25, -0.2) is 0 Å². The monoisotopic (exact) mass is 743 g/mol. The predicted molar refractivity (Wildman–Crippen MR) is 209 cm³/mol. The molecule has 1 N–H and O–H groups in total. The summed E-state index contributed by atoms with van der Waals surface area (Å²) >= 11 is 0. The van der Waals surface area contributed by atoms with Crippen LogP contribution in [0.5, 0.6) is 0 Å². The van der Waals surface area contributed by atoms with Crippen LogP contribution in [-0.4, -0.2) is 46.3 Å². The van der Waals surface area contributed by atoms with Crippen LogP contribution in [0.4, 0.5) is 0 Å². The first kappa shape index (κ1) is 57.0. The van der Waals surface area contributed by atoms with Gasteiger partial charge < -0.3 is 33.7 Å². The number of unbranched alkanes of at least 4 members (excludes halogenated alkanes) is 23. The molecule has 0 bridgehead atoms. The standard InChI is InChI=1S/C25H52O.C10H21.C7H14O2.BrH.Mg/c1-4-7-10-12-14-16-18-20-23-25(26,22-9-6-3)24-21-19-17-15-13-11-8-5-2;1-3-5-7-9-10-8-6-4-2;1-3-5-6-7(8)9-4-2;;/h26H,4-24H2,1-3H3;1,3-10H2,2H3;3-6H2,1-2H3;1H;/q;-1;;;+2/p-1. The van der Waals surface area contributed by atoms with Gasteiger partial charge in [-0.2, -0.15) is 6.42 Å². The molecule has 0 fully saturated rings. The zero-order chi connectivity index (χ0) is 34.1. The van der Waals surface area contributed by atoms with Gasteiger partial charge in [0.05, 0.1) is 12.2 Å². The van der Waals surface area contributed by atoms with Gasteiger partial charge in [0.15, 0.2) is 0 Å². The molecule has 0 aromatic heterocycles. The molecule has 0 atom stereocenters. The molecule has 0 saturated heterocycles. The summed E-state index contributed by atoms with van der Waals surface area (Å²) in [6.45, 7) is 17.3.